The first-order chi connectivity index (χ1) is 69.1. The predicted octanol–water partition coefficient (Wildman–Crippen LogP) is 18.2. The zero-order valence-corrected chi connectivity index (χ0v) is 61.8. The molecular formula is C99H80N4OPtSi2-2. The fourth-order valence-electron chi connectivity index (χ4n) is 13.5. The maximum absolute atomic E-state index is 11.1. The molecule has 0 aliphatic heterocycles. The van der Waals surface area contributed by atoms with Gasteiger partial charge in [0, 0.05) is 54.0 Å². The van der Waals surface area contributed by atoms with Gasteiger partial charge in [-0.3, -0.25) is 4.57 Å². The molecule has 0 radical (unpaired) electrons. The van der Waals surface area contributed by atoms with E-state index >= 15 is 0 Å². The van der Waals surface area contributed by atoms with Crippen molar-refractivity contribution < 1.29 is 87.9 Å². The van der Waals surface area contributed by atoms with E-state index in [1.165, 1.54) is 69.8 Å². The van der Waals surface area contributed by atoms with E-state index in [1.54, 1.807) is 53.1 Å². The van der Waals surface area contributed by atoms with Crippen LogP contribution in [0, 0.1) is 25.3 Å². The standard InChI is InChI=1S/C99H80N4OSi2.Pt/c1-70-60-96(100-68-90(70)71-34-15-8-16-35-71)103-91-54-30-29-52-88(91)89-58-57-79(67-93(89)103)104-78-38-32-37-77(66-78)101-69-102(92-59-56-73(64-94(92)101)72-36-31-51-86(63-72)105(80-39-17-9-18-40-80,81-41-19-10-20-42-81)82-43-21-11-22-44-82)97-87(74-61-75(98(2,3)4)65-76(62-74)99(5,6)7)53-33-55-95(97)106(83-45-23-12-24-46-83,84-47-25-13-26-48-84)85-49-27-14-28-50-85;/h8-65,68H,1-7H3;/q-2;/i1D3,8D,9D,10D,11D,12D,13D,14D,15D,16D,17D,18D,19D,20D,21D,22D,23D,24D,25D,26D,27D,28D,31D,34D,35D,36D,39D,40D,41D,42D,43D,44D,45D,46D,47D,48D,49D,50D,51D,63D;. The minimum atomic E-state index is -6.58. The second kappa shape index (κ2) is 28.7. The Morgan fingerprint density at radius 2 is 0.953 bits per heavy atom. The molecule has 0 aliphatic rings. The van der Waals surface area contributed by atoms with Crippen molar-refractivity contribution in [3.05, 3.63) is 392 Å². The quantitative estimate of drug-likeness (QED) is 0.0418. The van der Waals surface area contributed by atoms with Crippen molar-refractivity contribution in [2.45, 2.75) is 59.2 Å². The van der Waals surface area contributed by atoms with Crippen LogP contribution < -0.4 is 50.8 Å². The normalized spacial score (nSPS) is 17.6. The van der Waals surface area contributed by atoms with E-state index in [9.17, 15) is 38.4 Å². The van der Waals surface area contributed by atoms with Gasteiger partial charge < -0.3 is 13.9 Å². The number of pyridine rings is 1. The number of ether oxygens (including phenoxy) is 1. The third-order valence-electron chi connectivity index (χ3n) is 18.5. The molecule has 8 heteroatoms. The van der Waals surface area contributed by atoms with Crippen LogP contribution in [0.2, 0.25) is 0 Å². The van der Waals surface area contributed by atoms with Gasteiger partial charge in [0.25, 0.3) is 6.33 Å². The minimum Gasteiger partial charge on any atom is -0.510 e. The fraction of sp³-hybridized carbons (Fsp3) is 0.0909. The van der Waals surface area contributed by atoms with Crippen LogP contribution in [0.15, 0.2) is 357 Å². The van der Waals surface area contributed by atoms with Crippen LogP contribution in [0.1, 0.15) is 116 Å². The van der Waals surface area contributed by atoms with E-state index in [0.29, 0.717) is 27.4 Å². The number of hydrogen-bond acceptors (Lipinski definition) is 2. The Morgan fingerprint density at radius 1 is 0.430 bits per heavy atom. The molecule has 17 rings (SSSR count). The average molecular weight is 1640 g/mol. The smallest absolute Gasteiger partial charge is 0.268 e. The molecule has 0 atom stereocenters. The monoisotopic (exact) mass is 1630 g/mol. The molecule has 5 nitrogen and oxygen atoms in total. The molecule has 0 aliphatic carbocycles. The Balaban J connectivity index is 0.0000158. The van der Waals surface area contributed by atoms with Gasteiger partial charge in [-0.25, -0.2) is 4.98 Å². The van der Waals surface area contributed by atoms with Crippen LogP contribution in [0.25, 0.3) is 83.4 Å². The fourth-order valence-corrected chi connectivity index (χ4v) is 21.0. The SMILES string of the molecule is [2H]c1c([2H])c([2H])c(-c2cnc(-n3c4[c-]c(Oc5[c-]c(-n6[c-][n+](-c7c(-c8cc(C(C)(C)C)cc(C(C)(C)C)c8)cccc7[Si](c7c([2H])c([2H])c([2H])c([2H])c7[2H])(c7c([2H])c([2H])c([2H])c([2H])c7[2H])c7c([2H])c([2H])c([2H])c([2H])c7[2H])c7ccc(-c8c([2H])c([2H])c([2H])c([Si](c9c([2H])c([2H])c([2H])c([2H])c9[2H])(c9c([2H])c([2H])c([2H])c([2H])c9[2H])c9c([2H])c([2H])c([2H])c([2H])c9[2H])c8[2H])cc76)ccc5)ccc4c4ccccc43)cc2C([2H])([2H])[2H])c([2H])c1[2H].[Pt]. The Kier molecular flexibility index (Phi) is 9.83. The van der Waals surface area contributed by atoms with Gasteiger partial charge in [0.05, 0.1) is 70.2 Å². The van der Waals surface area contributed by atoms with E-state index < -0.39 is 333 Å². The van der Waals surface area contributed by atoms with Crippen LogP contribution >= 0.6 is 0 Å². The van der Waals surface area contributed by atoms with Crippen molar-refractivity contribution in [1.82, 2.24) is 14.1 Å². The van der Waals surface area contributed by atoms with E-state index in [1.807, 2.05) is 47.6 Å². The summed E-state index contributed by atoms with van der Waals surface area (Å²) in [6.07, 6.45) is 4.51. The van der Waals surface area contributed by atoms with E-state index in [2.05, 4.69) is 18.5 Å². The number of imidazole rings is 1. The van der Waals surface area contributed by atoms with Crippen LogP contribution in [0.3, 0.4) is 0 Å². The van der Waals surface area contributed by atoms with Gasteiger partial charge in [-0.15, -0.1) is 29.7 Å². The summed E-state index contributed by atoms with van der Waals surface area (Å²) in [7, 11) is -13.0. The summed E-state index contributed by atoms with van der Waals surface area (Å²) in [5.41, 5.74) is -2.78. The number of rotatable bonds is 16. The van der Waals surface area contributed by atoms with E-state index in [0.717, 1.165) is 6.20 Å². The van der Waals surface area contributed by atoms with Crippen molar-refractivity contribution in [3.63, 3.8) is 0 Å². The van der Waals surface area contributed by atoms with Gasteiger partial charge in [-0.05, 0) is 133 Å². The second-order valence-electron chi connectivity index (χ2n) is 26.8. The topological polar surface area (TPSA) is 35.9 Å². The third kappa shape index (κ3) is 12.7. The number of nitrogens with zero attached hydrogens (tertiary/aromatic N) is 4. The molecule has 17 aromatic rings. The van der Waals surface area contributed by atoms with Crippen molar-refractivity contribution in [2.24, 2.45) is 0 Å². The summed E-state index contributed by atoms with van der Waals surface area (Å²) in [6, 6.07) is -8.02. The average Bonchev–Trinajstić information content (AvgIpc) is 1.45. The number of hydrogen-bond donors (Lipinski definition) is 0. The number of benzene rings is 14. The Labute approximate surface area is 703 Å². The molecule has 0 spiro atoms. The molecule has 0 saturated carbocycles. The molecule has 0 fully saturated rings. The molecule has 3 heterocycles. The summed E-state index contributed by atoms with van der Waals surface area (Å²) in [5, 5.41) is -6.79. The molecule has 0 bridgehead atoms. The van der Waals surface area contributed by atoms with Crippen LogP contribution in [-0.4, -0.2) is 30.3 Å². The van der Waals surface area contributed by atoms with Crippen molar-refractivity contribution >= 4 is 90.5 Å². The Hall–Kier alpha value is -11.6. The van der Waals surface area contributed by atoms with Crippen LogP contribution in [0.4, 0.5) is 0 Å². The third-order valence-corrected chi connectivity index (χ3v) is 26.7. The van der Waals surface area contributed by atoms with Gasteiger partial charge in [0.1, 0.15) is 5.82 Å². The van der Waals surface area contributed by atoms with Gasteiger partial charge in [-0.1, -0.05) is 349 Å². The molecule has 0 unspecified atom stereocenters. The molecule has 14 aromatic carbocycles. The Bertz CT molecular complexity index is 8160. The Morgan fingerprint density at radius 3 is 1.52 bits per heavy atom. The molecule has 522 valence electrons. The number of aromatic nitrogens is 4. The van der Waals surface area contributed by atoms with Gasteiger partial charge in [0.15, 0.2) is 16.1 Å². The second-order valence-corrected chi connectivity index (χ2v) is 33.8. The van der Waals surface area contributed by atoms with Crippen molar-refractivity contribution in [3.8, 4) is 62.1 Å². The molecule has 0 saturated heterocycles. The van der Waals surface area contributed by atoms with Crippen molar-refractivity contribution in [2.75, 3.05) is 0 Å². The first-order valence-electron chi connectivity index (χ1n) is 54.2. The molecular weight excluding hydrogens is 1510 g/mol. The van der Waals surface area contributed by atoms with Gasteiger partial charge in [-0.2, -0.15) is 18.2 Å². The zero-order valence-electron chi connectivity index (χ0n) is 99.6. The maximum atomic E-state index is 11.1. The zero-order chi connectivity index (χ0) is 109. The summed E-state index contributed by atoms with van der Waals surface area (Å²) < 4.78 is 412. The number of aryl methyl sites for hydroxylation is 1. The molecule has 107 heavy (non-hydrogen) atoms. The van der Waals surface area contributed by atoms with Crippen LogP contribution in [-0.2, 0) is 31.9 Å². The maximum Gasteiger partial charge on any atom is 0.268 e. The molecule has 0 amide bonds. The predicted molar refractivity (Wildman–Crippen MR) is 446 cm³/mol. The van der Waals surface area contributed by atoms with E-state index in [-0.39, 0.29) is 83.0 Å². The van der Waals surface area contributed by atoms with Gasteiger partial charge >= 0.3 is 0 Å². The minimum absolute atomic E-state index is 0. The first kappa shape index (κ1) is 36.6. The summed E-state index contributed by atoms with van der Waals surface area (Å²) in [5.74, 6) is -0.361. The molecule has 0 N–H and O–H groups in total. The number of para-hydroxylation sites is 2. The number of fused-ring (bicyclic) bond motifs is 4. The summed E-state index contributed by atoms with van der Waals surface area (Å²) in [4.78, 5) is 4.71. The van der Waals surface area contributed by atoms with Crippen molar-refractivity contribution in [1.29, 1.82) is 0 Å². The van der Waals surface area contributed by atoms with E-state index in [4.69, 9.17) is 28.9 Å². The van der Waals surface area contributed by atoms with Gasteiger partial charge in [0.2, 0.25) is 0 Å². The summed E-state index contributed by atoms with van der Waals surface area (Å²) >= 11 is 0. The first-order valence-corrected chi connectivity index (χ1v) is 37.2. The molecule has 3 aromatic heterocycles. The summed E-state index contributed by atoms with van der Waals surface area (Å²) in [6.45, 7) is 8.44. The van der Waals surface area contributed by atoms with Crippen LogP contribution in [0.5, 0.6) is 11.5 Å². The largest absolute Gasteiger partial charge is 0.510 e.